The highest BCUT2D eigenvalue weighted by Gasteiger charge is 2.28. The first-order chi connectivity index (χ1) is 10.1. The third kappa shape index (κ3) is 2.91. The Hall–Kier alpha value is -1.92. The van der Waals surface area contributed by atoms with Crippen molar-refractivity contribution in [1.82, 2.24) is 20.0 Å². The van der Waals surface area contributed by atoms with E-state index in [9.17, 15) is 4.79 Å². The molecule has 2 N–H and O–H groups in total. The van der Waals surface area contributed by atoms with Gasteiger partial charge in [0.15, 0.2) is 0 Å². The summed E-state index contributed by atoms with van der Waals surface area (Å²) < 4.78 is 7.50. The molecular weight excluding hydrogens is 268 g/mol. The molecule has 0 radical (unpaired) electrons. The normalized spacial score (nSPS) is 22.4. The predicted octanol–water partition coefficient (Wildman–Crippen LogP) is 0.636. The fourth-order valence-electron chi connectivity index (χ4n) is 2.60. The van der Waals surface area contributed by atoms with Crippen LogP contribution in [-0.2, 0) is 16.1 Å². The van der Waals surface area contributed by atoms with Crippen LogP contribution in [0.5, 0.6) is 0 Å². The van der Waals surface area contributed by atoms with Crippen molar-refractivity contribution in [2.24, 2.45) is 0 Å². The van der Waals surface area contributed by atoms with Gasteiger partial charge in [-0.25, -0.2) is 4.98 Å². The Morgan fingerprint density at radius 2 is 2.43 bits per heavy atom. The molecule has 0 aromatic carbocycles. The summed E-state index contributed by atoms with van der Waals surface area (Å²) in [6.45, 7) is 5.71. The SMILES string of the molecule is Cc1cccc2nc(CNC(=O)[C@H]3NCCO[C@@H]3C)cn12. The lowest BCUT2D eigenvalue weighted by Crippen LogP contribution is -2.55. The number of carbonyl (C=O) groups excluding carboxylic acids is 1. The van der Waals surface area contributed by atoms with Crippen LogP contribution in [0.15, 0.2) is 24.4 Å². The minimum atomic E-state index is -0.294. The van der Waals surface area contributed by atoms with Crippen molar-refractivity contribution < 1.29 is 9.53 Å². The summed E-state index contributed by atoms with van der Waals surface area (Å²) in [6, 6.07) is 5.67. The second-order valence-electron chi connectivity index (χ2n) is 5.35. The van der Waals surface area contributed by atoms with Crippen LogP contribution in [0.25, 0.3) is 5.65 Å². The van der Waals surface area contributed by atoms with Crippen LogP contribution in [0.2, 0.25) is 0 Å². The molecule has 3 heterocycles. The molecule has 0 spiro atoms. The number of imidazole rings is 1. The van der Waals surface area contributed by atoms with Crippen LogP contribution in [-0.4, -0.2) is 40.6 Å². The molecule has 21 heavy (non-hydrogen) atoms. The number of aryl methyl sites for hydroxylation is 1. The Kier molecular flexibility index (Phi) is 3.90. The molecule has 2 aromatic heterocycles. The molecule has 0 saturated carbocycles. The van der Waals surface area contributed by atoms with E-state index in [-0.39, 0.29) is 18.1 Å². The van der Waals surface area contributed by atoms with E-state index in [2.05, 4.69) is 15.6 Å². The van der Waals surface area contributed by atoms with Crippen molar-refractivity contribution >= 4 is 11.6 Å². The number of nitrogens with zero attached hydrogens (tertiary/aromatic N) is 2. The maximum Gasteiger partial charge on any atom is 0.240 e. The standard InChI is InChI=1S/C15H20N4O2/c1-10-4-3-5-13-18-12(9-19(10)13)8-17-15(20)14-11(2)21-7-6-16-14/h3-5,9,11,14,16H,6-8H2,1-2H3,(H,17,20)/t11-,14+/m1/s1. The average Bonchev–Trinajstić information content (AvgIpc) is 2.90. The molecule has 1 aliphatic heterocycles. The Morgan fingerprint density at radius 1 is 1.57 bits per heavy atom. The number of hydrogen-bond donors (Lipinski definition) is 2. The highest BCUT2D eigenvalue weighted by Crippen LogP contribution is 2.09. The third-order valence-electron chi connectivity index (χ3n) is 3.79. The van der Waals surface area contributed by atoms with E-state index in [0.717, 1.165) is 17.0 Å². The van der Waals surface area contributed by atoms with Crippen LogP contribution in [0.4, 0.5) is 0 Å². The smallest absolute Gasteiger partial charge is 0.240 e. The van der Waals surface area contributed by atoms with E-state index in [1.54, 1.807) is 0 Å². The topological polar surface area (TPSA) is 67.7 Å². The number of carbonyl (C=O) groups is 1. The van der Waals surface area contributed by atoms with Gasteiger partial charge >= 0.3 is 0 Å². The fraction of sp³-hybridized carbons (Fsp3) is 0.467. The summed E-state index contributed by atoms with van der Waals surface area (Å²) in [5, 5.41) is 6.10. The summed E-state index contributed by atoms with van der Waals surface area (Å²) in [5.74, 6) is -0.0454. The first kappa shape index (κ1) is 14.0. The van der Waals surface area contributed by atoms with Crippen molar-refractivity contribution in [3.63, 3.8) is 0 Å². The van der Waals surface area contributed by atoms with Crippen molar-refractivity contribution in [3.05, 3.63) is 35.8 Å². The van der Waals surface area contributed by atoms with Crippen molar-refractivity contribution in [2.75, 3.05) is 13.2 Å². The highest BCUT2D eigenvalue weighted by molar-refractivity contribution is 5.82. The van der Waals surface area contributed by atoms with E-state index in [0.29, 0.717) is 19.7 Å². The lowest BCUT2D eigenvalue weighted by Gasteiger charge is -2.29. The first-order valence-corrected chi connectivity index (χ1v) is 7.21. The number of nitrogens with one attached hydrogen (secondary N) is 2. The number of amides is 1. The number of aromatic nitrogens is 2. The van der Waals surface area contributed by atoms with E-state index in [4.69, 9.17) is 4.74 Å². The number of morpholine rings is 1. The Labute approximate surface area is 123 Å². The van der Waals surface area contributed by atoms with Crippen LogP contribution in [0.1, 0.15) is 18.3 Å². The van der Waals surface area contributed by atoms with Gasteiger partial charge in [-0.3, -0.25) is 4.79 Å². The number of rotatable bonds is 3. The summed E-state index contributed by atoms with van der Waals surface area (Å²) in [6.07, 6.45) is 1.85. The first-order valence-electron chi connectivity index (χ1n) is 7.21. The largest absolute Gasteiger partial charge is 0.375 e. The molecule has 112 valence electrons. The molecule has 1 fully saturated rings. The van der Waals surface area contributed by atoms with Crippen LogP contribution < -0.4 is 10.6 Å². The molecule has 3 rings (SSSR count). The molecule has 6 heteroatoms. The Bertz CT molecular complexity index is 652. The van der Waals surface area contributed by atoms with Gasteiger partial charge in [0.2, 0.25) is 5.91 Å². The zero-order valence-electron chi connectivity index (χ0n) is 12.3. The van der Waals surface area contributed by atoms with Crippen molar-refractivity contribution in [3.8, 4) is 0 Å². The number of hydrogen-bond acceptors (Lipinski definition) is 4. The van der Waals surface area contributed by atoms with Gasteiger partial charge in [0.05, 0.1) is 24.9 Å². The van der Waals surface area contributed by atoms with Gasteiger partial charge in [-0.1, -0.05) is 6.07 Å². The molecule has 0 unspecified atom stereocenters. The molecule has 1 aliphatic rings. The van der Waals surface area contributed by atoms with Gasteiger partial charge in [0.25, 0.3) is 0 Å². The van der Waals surface area contributed by atoms with Gasteiger partial charge in [-0.2, -0.15) is 0 Å². The summed E-state index contributed by atoms with van der Waals surface area (Å²) >= 11 is 0. The summed E-state index contributed by atoms with van der Waals surface area (Å²) in [5.41, 5.74) is 2.86. The lowest BCUT2D eigenvalue weighted by molar-refractivity contribution is -0.129. The van der Waals surface area contributed by atoms with E-state index in [1.165, 1.54) is 0 Å². The van der Waals surface area contributed by atoms with Crippen LogP contribution in [0.3, 0.4) is 0 Å². The summed E-state index contributed by atoms with van der Waals surface area (Å²) in [7, 11) is 0. The van der Waals surface area contributed by atoms with Gasteiger partial charge in [0.1, 0.15) is 11.7 Å². The van der Waals surface area contributed by atoms with Crippen molar-refractivity contribution in [1.29, 1.82) is 0 Å². The zero-order chi connectivity index (χ0) is 14.8. The van der Waals surface area contributed by atoms with Crippen molar-refractivity contribution in [2.45, 2.75) is 32.5 Å². The molecular formula is C15H20N4O2. The van der Waals surface area contributed by atoms with E-state index >= 15 is 0 Å². The minimum Gasteiger partial charge on any atom is -0.375 e. The molecule has 0 bridgehead atoms. The molecule has 1 amide bonds. The zero-order valence-corrected chi connectivity index (χ0v) is 12.3. The molecule has 0 aliphatic carbocycles. The van der Waals surface area contributed by atoms with E-state index < -0.39 is 0 Å². The summed E-state index contributed by atoms with van der Waals surface area (Å²) in [4.78, 5) is 16.7. The Morgan fingerprint density at radius 3 is 3.19 bits per heavy atom. The third-order valence-corrected chi connectivity index (χ3v) is 3.79. The van der Waals surface area contributed by atoms with Gasteiger partial charge in [0, 0.05) is 18.4 Å². The monoisotopic (exact) mass is 288 g/mol. The van der Waals surface area contributed by atoms with Crippen LogP contribution >= 0.6 is 0 Å². The maximum absolute atomic E-state index is 12.2. The Balaban J connectivity index is 1.66. The van der Waals surface area contributed by atoms with Gasteiger partial charge < -0.3 is 19.8 Å². The molecule has 1 saturated heterocycles. The fourth-order valence-corrected chi connectivity index (χ4v) is 2.60. The highest BCUT2D eigenvalue weighted by atomic mass is 16.5. The van der Waals surface area contributed by atoms with E-state index in [1.807, 2.05) is 42.6 Å². The average molecular weight is 288 g/mol. The lowest BCUT2D eigenvalue weighted by atomic mass is 10.1. The number of ether oxygens (including phenoxy) is 1. The quantitative estimate of drug-likeness (QED) is 0.869. The number of pyridine rings is 1. The van der Waals surface area contributed by atoms with Gasteiger partial charge in [-0.15, -0.1) is 0 Å². The van der Waals surface area contributed by atoms with Gasteiger partial charge in [-0.05, 0) is 26.0 Å². The minimum absolute atomic E-state index is 0.0454. The molecule has 2 atom stereocenters. The van der Waals surface area contributed by atoms with Crippen LogP contribution in [0, 0.1) is 6.92 Å². The molecule has 2 aromatic rings. The second-order valence-corrected chi connectivity index (χ2v) is 5.35. The maximum atomic E-state index is 12.2. The predicted molar refractivity (Wildman–Crippen MR) is 79.0 cm³/mol. The second kappa shape index (κ2) is 5.83. The number of fused-ring (bicyclic) bond motifs is 1. The molecule has 6 nitrogen and oxygen atoms in total.